The number of methoxy groups -OCH3 is 1. The fourth-order valence-corrected chi connectivity index (χ4v) is 2.79. The summed E-state index contributed by atoms with van der Waals surface area (Å²) in [5, 5.41) is 2.18. The van der Waals surface area contributed by atoms with E-state index in [0.717, 1.165) is 5.75 Å². The summed E-state index contributed by atoms with van der Waals surface area (Å²) in [7, 11) is 1.69. The van der Waals surface area contributed by atoms with Crippen LogP contribution in [0, 0.1) is 0 Å². The second kappa shape index (κ2) is 4.73. The maximum Gasteiger partial charge on any atom is 0.119 e. The topological polar surface area (TPSA) is 9.23 Å². The Balaban J connectivity index is 2.35. The Labute approximate surface area is 98.1 Å². The molecule has 0 N–H and O–H groups in total. The molecular formula is C12H12OS2. The second-order valence-electron chi connectivity index (χ2n) is 3.09. The molecule has 1 aromatic carbocycles. The van der Waals surface area contributed by atoms with E-state index in [4.69, 9.17) is 4.74 Å². The lowest BCUT2D eigenvalue weighted by Gasteiger charge is -2.01. The average Bonchev–Trinajstić information content (AvgIpc) is 2.78. The molecule has 2 aromatic rings. The van der Waals surface area contributed by atoms with Crippen LogP contribution in [-0.2, 0) is 0 Å². The van der Waals surface area contributed by atoms with Crippen LogP contribution < -0.4 is 4.74 Å². The highest BCUT2D eigenvalue weighted by molar-refractivity contribution is 8.00. The Kier molecular flexibility index (Phi) is 3.34. The number of thioether (sulfide) groups is 1. The predicted octanol–water partition coefficient (Wildman–Crippen LogP) is 4.15. The minimum absolute atomic E-state index is 0.907. The molecular weight excluding hydrogens is 224 g/mol. The van der Waals surface area contributed by atoms with Gasteiger partial charge >= 0.3 is 0 Å². The summed E-state index contributed by atoms with van der Waals surface area (Å²) >= 11 is 3.56. The van der Waals surface area contributed by atoms with Crippen molar-refractivity contribution >= 4 is 23.1 Å². The lowest BCUT2D eigenvalue weighted by Crippen LogP contribution is -1.82. The Bertz CT molecular complexity index is 448. The van der Waals surface area contributed by atoms with Crippen molar-refractivity contribution in [1.82, 2.24) is 0 Å². The minimum Gasteiger partial charge on any atom is -0.497 e. The fraction of sp³-hybridized carbons (Fsp3) is 0.167. The highest BCUT2D eigenvalue weighted by Crippen LogP contribution is 2.32. The number of hydrogen-bond donors (Lipinski definition) is 0. The fourth-order valence-electron chi connectivity index (χ4n) is 1.38. The van der Waals surface area contributed by atoms with Gasteiger partial charge in [0.05, 0.1) is 11.3 Å². The Morgan fingerprint density at radius 2 is 2.07 bits per heavy atom. The molecule has 0 unspecified atom stereocenters. The van der Waals surface area contributed by atoms with Crippen molar-refractivity contribution in [3.63, 3.8) is 0 Å². The van der Waals surface area contributed by atoms with E-state index in [-0.39, 0.29) is 0 Å². The van der Waals surface area contributed by atoms with Crippen molar-refractivity contribution in [3.05, 3.63) is 35.7 Å². The Morgan fingerprint density at radius 3 is 2.73 bits per heavy atom. The molecule has 0 spiro atoms. The molecule has 0 radical (unpaired) electrons. The molecule has 0 aliphatic carbocycles. The molecule has 0 fully saturated rings. The zero-order valence-corrected chi connectivity index (χ0v) is 10.3. The molecule has 15 heavy (non-hydrogen) atoms. The summed E-state index contributed by atoms with van der Waals surface area (Å²) in [5.74, 6) is 0.907. The maximum absolute atomic E-state index is 5.21. The van der Waals surface area contributed by atoms with E-state index in [0.29, 0.717) is 0 Å². The van der Waals surface area contributed by atoms with Gasteiger partial charge in [-0.15, -0.1) is 23.1 Å². The second-order valence-corrected chi connectivity index (χ2v) is 5.11. The SMILES string of the molecule is COc1cccc(-c2csc(SC)c2)c1. The summed E-state index contributed by atoms with van der Waals surface area (Å²) in [5.41, 5.74) is 2.48. The van der Waals surface area contributed by atoms with Gasteiger partial charge in [0.25, 0.3) is 0 Å². The third-order valence-corrected chi connectivity index (χ3v) is 4.21. The van der Waals surface area contributed by atoms with Gasteiger partial charge in [0.2, 0.25) is 0 Å². The third-order valence-electron chi connectivity index (χ3n) is 2.18. The molecule has 3 heteroatoms. The first-order valence-electron chi connectivity index (χ1n) is 4.60. The number of thiophene rings is 1. The van der Waals surface area contributed by atoms with Crippen LogP contribution in [0.15, 0.2) is 39.9 Å². The third kappa shape index (κ3) is 2.36. The van der Waals surface area contributed by atoms with Gasteiger partial charge in [0.15, 0.2) is 0 Å². The molecule has 0 atom stereocenters. The molecule has 0 amide bonds. The molecule has 0 saturated carbocycles. The van der Waals surface area contributed by atoms with E-state index >= 15 is 0 Å². The van der Waals surface area contributed by atoms with Crippen molar-refractivity contribution in [3.8, 4) is 16.9 Å². The van der Waals surface area contributed by atoms with E-state index in [2.05, 4.69) is 29.8 Å². The van der Waals surface area contributed by atoms with Crippen LogP contribution in [0.5, 0.6) is 5.75 Å². The molecule has 78 valence electrons. The summed E-state index contributed by atoms with van der Waals surface area (Å²) in [6, 6.07) is 10.4. The maximum atomic E-state index is 5.21. The molecule has 1 heterocycles. The average molecular weight is 236 g/mol. The van der Waals surface area contributed by atoms with Crippen LogP contribution in [0.1, 0.15) is 0 Å². The van der Waals surface area contributed by atoms with Crippen LogP contribution in [-0.4, -0.2) is 13.4 Å². The molecule has 0 bridgehead atoms. The van der Waals surface area contributed by atoms with Crippen LogP contribution in [0.2, 0.25) is 0 Å². The molecule has 0 aliphatic rings. The number of hydrogen-bond acceptors (Lipinski definition) is 3. The molecule has 2 rings (SSSR count). The van der Waals surface area contributed by atoms with E-state index in [1.54, 1.807) is 30.2 Å². The van der Waals surface area contributed by atoms with Gasteiger partial charge in [-0.1, -0.05) is 12.1 Å². The number of benzene rings is 1. The van der Waals surface area contributed by atoms with Crippen molar-refractivity contribution < 1.29 is 4.74 Å². The van der Waals surface area contributed by atoms with Gasteiger partial charge in [-0.2, -0.15) is 0 Å². The normalized spacial score (nSPS) is 10.3. The van der Waals surface area contributed by atoms with Crippen LogP contribution in [0.4, 0.5) is 0 Å². The standard InChI is InChI=1S/C12H12OS2/c1-13-11-5-3-4-9(6-11)10-7-12(14-2)15-8-10/h3-8H,1-2H3. The van der Waals surface area contributed by atoms with E-state index in [1.165, 1.54) is 15.3 Å². The summed E-state index contributed by atoms with van der Waals surface area (Å²) in [6.07, 6.45) is 2.10. The number of ether oxygens (including phenoxy) is 1. The largest absolute Gasteiger partial charge is 0.497 e. The molecule has 1 aromatic heterocycles. The smallest absolute Gasteiger partial charge is 0.119 e. The van der Waals surface area contributed by atoms with Crippen LogP contribution in [0.25, 0.3) is 11.1 Å². The highest BCUT2D eigenvalue weighted by Gasteiger charge is 2.02. The predicted molar refractivity (Wildman–Crippen MR) is 68.1 cm³/mol. The zero-order chi connectivity index (χ0) is 10.7. The monoisotopic (exact) mass is 236 g/mol. The van der Waals surface area contributed by atoms with Gasteiger partial charge in [0, 0.05) is 0 Å². The Hall–Kier alpha value is -0.930. The van der Waals surface area contributed by atoms with E-state index in [9.17, 15) is 0 Å². The molecule has 0 saturated heterocycles. The summed E-state index contributed by atoms with van der Waals surface area (Å²) < 4.78 is 6.55. The van der Waals surface area contributed by atoms with Crippen molar-refractivity contribution in [1.29, 1.82) is 0 Å². The van der Waals surface area contributed by atoms with Crippen molar-refractivity contribution in [2.75, 3.05) is 13.4 Å². The van der Waals surface area contributed by atoms with Gasteiger partial charge in [-0.25, -0.2) is 0 Å². The van der Waals surface area contributed by atoms with Crippen molar-refractivity contribution in [2.45, 2.75) is 4.21 Å². The van der Waals surface area contributed by atoms with Crippen LogP contribution in [0.3, 0.4) is 0 Å². The number of rotatable bonds is 3. The zero-order valence-electron chi connectivity index (χ0n) is 8.69. The first kappa shape index (κ1) is 10.6. The van der Waals surface area contributed by atoms with E-state index in [1.807, 2.05) is 12.1 Å². The first-order valence-corrected chi connectivity index (χ1v) is 6.71. The quantitative estimate of drug-likeness (QED) is 0.740. The molecule has 1 nitrogen and oxygen atoms in total. The van der Waals surface area contributed by atoms with Gasteiger partial charge in [0.1, 0.15) is 5.75 Å². The van der Waals surface area contributed by atoms with Gasteiger partial charge in [-0.05, 0) is 41.0 Å². The van der Waals surface area contributed by atoms with Gasteiger partial charge < -0.3 is 4.74 Å². The lowest BCUT2D eigenvalue weighted by atomic mass is 10.1. The lowest BCUT2D eigenvalue weighted by molar-refractivity contribution is 0.415. The van der Waals surface area contributed by atoms with E-state index < -0.39 is 0 Å². The molecule has 0 aliphatic heterocycles. The Morgan fingerprint density at radius 1 is 1.20 bits per heavy atom. The summed E-state index contributed by atoms with van der Waals surface area (Å²) in [6.45, 7) is 0. The van der Waals surface area contributed by atoms with Crippen LogP contribution >= 0.6 is 23.1 Å². The minimum atomic E-state index is 0.907. The first-order chi connectivity index (χ1) is 7.33. The van der Waals surface area contributed by atoms with Crippen molar-refractivity contribution in [2.24, 2.45) is 0 Å². The summed E-state index contributed by atoms with van der Waals surface area (Å²) in [4.78, 5) is 0. The highest BCUT2D eigenvalue weighted by atomic mass is 32.2. The van der Waals surface area contributed by atoms with Gasteiger partial charge in [-0.3, -0.25) is 0 Å².